The Labute approximate surface area is 190 Å². The van der Waals surface area contributed by atoms with Crippen LogP contribution in [0.3, 0.4) is 0 Å². The van der Waals surface area contributed by atoms with Crippen LogP contribution in [0.2, 0.25) is 0 Å². The van der Waals surface area contributed by atoms with E-state index in [4.69, 9.17) is 0 Å². The molecule has 0 aliphatic carbocycles. The van der Waals surface area contributed by atoms with Crippen LogP contribution in [0.5, 0.6) is 0 Å². The maximum absolute atomic E-state index is 2.49. The number of para-hydroxylation sites is 3. The van der Waals surface area contributed by atoms with Gasteiger partial charge in [0.15, 0.2) is 11.0 Å². The maximum Gasteiger partial charge on any atom is 0.267 e. The quantitative estimate of drug-likeness (QED) is 0.277. The molecule has 0 aliphatic heterocycles. The summed E-state index contributed by atoms with van der Waals surface area (Å²) >= 11 is 0. The molecule has 2 nitrogen and oxygen atoms in total. The topological polar surface area (TPSA) is 8.81 Å². The number of imidazole rings is 1. The lowest BCUT2D eigenvalue weighted by Crippen LogP contribution is -2.39. The smallest absolute Gasteiger partial charge is 0.229 e. The molecule has 0 spiro atoms. The molecule has 0 aliphatic rings. The van der Waals surface area contributed by atoms with Gasteiger partial charge in [-0.05, 0) is 44.0 Å². The highest BCUT2D eigenvalue weighted by molar-refractivity contribution is 5.89. The Balaban J connectivity index is 1.98. The van der Waals surface area contributed by atoms with Crippen molar-refractivity contribution in [3.63, 3.8) is 0 Å². The molecule has 0 radical (unpaired) electrons. The molecule has 0 bridgehead atoms. The normalized spacial score (nSPS) is 11.8. The van der Waals surface area contributed by atoms with Crippen molar-refractivity contribution in [3.05, 3.63) is 109 Å². The monoisotopic (exact) mass is 417 g/mol. The number of nitrogens with zero attached hydrogens (tertiary/aromatic N) is 2. The van der Waals surface area contributed by atoms with E-state index in [9.17, 15) is 0 Å². The van der Waals surface area contributed by atoms with E-state index in [-0.39, 0.29) is 5.41 Å². The Bertz CT molecular complexity index is 1330. The summed E-state index contributed by atoms with van der Waals surface area (Å²) in [5.41, 5.74) is 8.55. The summed E-state index contributed by atoms with van der Waals surface area (Å²) < 4.78 is 4.84. The fraction of sp³-hybridized carbons (Fsp3) is 0.167. The van der Waals surface area contributed by atoms with Gasteiger partial charge < -0.3 is 0 Å². The molecule has 1 heterocycles. The van der Waals surface area contributed by atoms with E-state index in [2.05, 4.69) is 140 Å². The van der Waals surface area contributed by atoms with Gasteiger partial charge in [-0.25, -0.2) is 4.57 Å². The Morgan fingerprint density at radius 2 is 1.09 bits per heavy atom. The van der Waals surface area contributed by atoms with Crippen molar-refractivity contribution in [2.75, 3.05) is 0 Å². The number of aromatic nitrogens is 2. The average Bonchev–Trinajstić information content (AvgIpc) is 3.12. The van der Waals surface area contributed by atoms with Crippen molar-refractivity contribution in [1.82, 2.24) is 4.57 Å². The molecule has 0 saturated carbocycles. The number of hydrogen-bond acceptors (Lipinski definition) is 0. The van der Waals surface area contributed by atoms with E-state index in [1.54, 1.807) is 0 Å². The molecule has 5 rings (SSSR count). The van der Waals surface area contributed by atoms with Crippen LogP contribution in [0.1, 0.15) is 26.6 Å². The van der Waals surface area contributed by atoms with Crippen molar-refractivity contribution in [2.24, 2.45) is 7.05 Å². The number of rotatable bonds is 3. The summed E-state index contributed by atoms with van der Waals surface area (Å²) in [6.45, 7) is 6.89. The number of aryl methyl sites for hydroxylation is 1. The molecule has 0 N–H and O–H groups in total. The van der Waals surface area contributed by atoms with E-state index in [0.29, 0.717) is 0 Å². The van der Waals surface area contributed by atoms with Crippen molar-refractivity contribution >= 4 is 11.0 Å². The third-order valence-corrected chi connectivity index (χ3v) is 6.11. The highest BCUT2D eigenvalue weighted by Crippen LogP contribution is 2.39. The molecule has 1 aromatic heterocycles. The second kappa shape index (κ2) is 7.80. The first-order chi connectivity index (χ1) is 15.5. The van der Waals surface area contributed by atoms with E-state index in [1.807, 2.05) is 0 Å². The second-order valence-electron chi connectivity index (χ2n) is 9.39. The Kier molecular flexibility index (Phi) is 4.94. The van der Waals surface area contributed by atoms with Gasteiger partial charge in [-0.15, -0.1) is 0 Å². The highest BCUT2D eigenvalue weighted by Gasteiger charge is 2.35. The molecule has 0 atom stereocenters. The first-order valence-corrected chi connectivity index (χ1v) is 11.2. The molecular formula is C30H29N2+. The molecule has 0 fully saturated rings. The van der Waals surface area contributed by atoms with Crippen molar-refractivity contribution < 1.29 is 4.57 Å². The van der Waals surface area contributed by atoms with Crippen molar-refractivity contribution in [3.8, 4) is 27.9 Å². The van der Waals surface area contributed by atoms with Crippen LogP contribution < -0.4 is 4.57 Å². The molecule has 0 unspecified atom stereocenters. The lowest BCUT2D eigenvalue weighted by atomic mass is 9.92. The predicted octanol–water partition coefficient (Wildman–Crippen LogP) is 7.09. The van der Waals surface area contributed by atoms with Crippen LogP contribution in [-0.4, -0.2) is 4.57 Å². The van der Waals surface area contributed by atoms with Crippen molar-refractivity contribution in [2.45, 2.75) is 26.2 Å². The van der Waals surface area contributed by atoms with Crippen LogP contribution in [0.4, 0.5) is 0 Å². The van der Waals surface area contributed by atoms with Gasteiger partial charge in [-0.2, -0.15) is 4.57 Å². The zero-order valence-corrected chi connectivity index (χ0v) is 19.2. The van der Waals surface area contributed by atoms with Crippen LogP contribution in [0.15, 0.2) is 103 Å². The molecule has 2 heteroatoms. The Morgan fingerprint density at radius 3 is 1.62 bits per heavy atom. The van der Waals surface area contributed by atoms with Crippen LogP contribution >= 0.6 is 0 Å². The molecule has 32 heavy (non-hydrogen) atoms. The summed E-state index contributed by atoms with van der Waals surface area (Å²) in [5.74, 6) is 1.28. The number of hydrogen-bond donors (Lipinski definition) is 0. The fourth-order valence-electron chi connectivity index (χ4n) is 4.87. The third kappa shape index (κ3) is 3.33. The fourth-order valence-corrected chi connectivity index (χ4v) is 4.87. The summed E-state index contributed by atoms with van der Waals surface area (Å²) in [7, 11) is 2.19. The Morgan fingerprint density at radius 1 is 0.594 bits per heavy atom. The summed E-state index contributed by atoms with van der Waals surface area (Å²) in [4.78, 5) is 0. The molecule has 5 aromatic rings. The lowest BCUT2D eigenvalue weighted by Gasteiger charge is -2.20. The number of benzene rings is 4. The summed E-state index contributed by atoms with van der Waals surface area (Å²) in [6, 6.07) is 36.8. The van der Waals surface area contributed by atoms with Gasteiger partial charge >= 0.3 is 0 Å². The molecular weight excluding hydrogens is 388 g/mol. The first kappa shape index (κ1) is 20.3. The third-order valence-electron chi connectivity index (χ3n) is 6.11. The zero-order valence-electron chi connectivity index (χ0n) is 19.2. The van der Waals surface area contributed by atoms with Gasteiger partial charge in [0, 0.05) is 11.1 Å². The van der Waals surface area contributed by atoms with Crippen molar-refractivity contribution in [1.29, 1.82) is 0 Å². The van der Waals surface area contributed by atoms with Gasteiger partial charge in [0.25, 0.3) is 5.82 Å². The van der Waals surface area contributed by atoms with Crippen LogP contribution in [-0.2, 0) is 12.5 Å². The van der Waals surface area contributed by atoms with Crippen LogP contribution in [0.25, 0.3) is 39.0 Å². The molecule has 4 aromatic carbocycles. The van der Waals surface area contributed by atoms with E-state index in [1.165, 1.54) is 44.8 Å². The SMILES string of the molecule is C[n+]1c(C(C)(C)C)n(-c2c(-c3ccccc3)cccc2-c2ccccc2)c2ccccc21. The number of fused-ring (bicyclic) bond motifs is 1. The zero-order chi connectivity index (χ0) is 22.3. The first-order valence-electron chi connectivity index (χ1n) is 11.2. The average molecular weight is 418 g/mol. The minimum atomic E-state index is -0.0501. The Hall–Kier alpha value is -3.65. The van der Waals surface area contributed by atoms with Gasteiger partial charge in [0.1, 0.15) is 5.69 Å². The highest BCUT2D eigenvalue weighted by atomic mass is 15.2. The van der Waals surface area contributed by atoms with Crippen LogP contribution in [0, 0.1) is 0 Å². The van der Waals surface area contributed by atoms with E-state index in [0.717, 1.165) is 0 Å². The van der Waals surface area contributed by atoms with Gasteiger partial charge in [0.2, 0.25) is 0 Å². The predicted molar refractivity (Wildman–Crippen MR) is 134 cm³/mol. The van der Waals surface area contributed by atoms with Gasteiger partial charge in [0.05, 0.1) is 12.5 Å². The lowest BCUT2D eigenvalue weighted by molar-refractivity contribution is -0.657. The van der Waals surface area contributed by atoms with Gasteiger partial charge in [-0.1, -0.05) is 91.0 Å². The maximum atomic E-state index is 2.49. The molecule has 0 amide bonds. The minimum Gasteiger partial charge on any atom is -0.229 e. The summed E-state index contributed by atoms with van der Waals surface area (Å²) in [6.07, 6.45) is 0. The standard InChI is InChI=1S/C30H29N2/c1-30(2,3)29-31(4)26-20-11-12-21-27(26)32(29)28-24(22-14-7-5-8-15-22)18-13-19-25(28)23-16-9-6-10-17-23/h5-21H,1-4H3/q+1. The van der Waals surface area contributed by atoms with E-state index >= 15 is 0 Å². The molecule has 0 saturated heterocycles. The van der Waals surface area contributed by atoms with E-state index < -0.39 is 0 Å². The summed E-state index contributed by atoms with van der Waals surface area (Å²) in [5, 5.41) is 0. The minimum absolute atomic E-state index is 0.0501. The molecule has 158 valence electrons. The van der Waals surface area contributed by atoms with Gasteiger partial charge in [-0.3, -0.25) is 0 Å². The second-order valence-corrected chi connectivity index (χ2v) is 9.39. The largest absolute Gasteiger partial charge is 0.267 e.